The van der Waals surface area contributed by atoms with Crippen molar-refractivity contribution in [2.45, 2.75) is 31.0 Å². The van der Waals surface area contributed by atoms with E-state index >= 15 is 0 Å². The van der Waals surface area contributed by atoms with Crippen LogP contribution in [0.3, 0.4) is 0 Å². The van der Waals surface area contributed by atoms with Crippen LogP contribution < -0.4 is 0 Å². The zero-order valence-corrected chi connectivity index (χ0v) is 11.0. The number of nitriles is 1. The SMILES string of the molecule is Cc1cc(S[C@H](C)C#N)nc2c(C)cccc12. The number of aromatic nitrogens is 1. The minimum absolute atomic E-state index is 0.0663. The van der Waals surface area contributed by atoms with Crippen molar-refractivity contribution in [2.24, 2.45) is 0 Å². The summed E-state index contributed by atoms with van der Waals surface area (Å²) >= 11 is 1.51. The molecule has 17 heavy (non-hydrogen) atoms. The monoisotopic (exact) mass is 242 g/mol. The van der Waals surface area contributed by atoms with Crippen LogP contribution in [0.25, 0.3) is 10.9 Å². The molecule has 0 saturated carbocycles. The predicted octanol–water partition coefficient (Wildman–Crippen LogP) is 3.86. The van der Waals surface area contributed by atoms with Gasteiger partial charge in [0.1, 0.15) is 0 Å². The Kier molecular flexibility index (Phi) is 3.35. The van der Waals surface area contributed by atoms with Gasteiger partial charge in [-0.15, -0.1) is 0 Å². The van der Waals surface area contributed by atoms with E-state index in [2.05, 4.69) is 49.2 Å². The van der Waals surface area contributed by atoms with Crippen molar-refractivity contribution in [3.63, 3.8) is 0 Å². The van der Waals surface area contributed by atoms with Crippen LogP contribution in [0.15, 0.2) is 29.3 Å². The molecule has 0 bridgehead atoms. The van der Waals surface area contributed by atoms with Crippen LogP contribution in [-0.4, -0.2) is 10.2 Å². The highest BCUT2D eigenvalue weighted by atomic mass is 32.2. The van der Waals surface area contributed by atoms with Gasteiger partial charge in [-0.3, -0.25) is 0 Å². The Morgan fingerprint density at radius 3 is 2.76 bits per heavy atom. The molecule has 2 aromatic rings. The Morgan fingerprint density at radius 1 is 1.29 bits per heavy atom. The average molecular weight is 242 g/mol. The first-order valence-electron chi connectivity index (χ1n) is 5.55. The van der Waals surface area contributed by atoms with E-state index in [1.54, 1.807) is 0 Å². The van der Waals surface area contributed by atoms with Crippen molar-refractivity contribution in [3.8, 4) is 6.07 Å². The van der Waals surface area contributed by atoms with E-state index in [0.717, 1.165) is 10.5 Å². The summed E-state index contributed by atoms with van der Waals surface area (Å²) < 4.78 is 0. The number of pyridine rings is 1. The summed E-state index contributed by atoms with van der Waals surface area (Å²) in [6, 6.07) is 10.5. The molecule has 1 aromatic heterocycles. The second-order valence-electron chi connectivity index (χ2n) is 4.14. The smallest absolute Gasteiger partial charge is 0.0983 e. The standard InChI is InChI=1S/C14H14N2S/c1-9-5-4-6-12-10(2)7-13(16-14(9)12)17-11(3)8-15/h4-7,11H,1-3H3/t11-/m1/s1. The van der Waals surface area contributed by atoms with E-state index in [4.69, 9.17) is 5.26 Å². The molecular weight excluding hydrogens is 228 g/mol. The van der Waals surface area contributed by atoms with Gasteiger partial charge in [0.25, 0.3) is 0 Å². The summed E-state index contributed by atoms with van der Waals surface area (Å²) in [4.78, 5) is 4.64. The Hall–Kier alpha value is -1.53. The lowest BCUT2D eigenvalue weighted by molar-refractivity contribution is 1.14. The zero-order valence-electron chi connectivity index (χ0n) is 10.2. The molecule has 1 atom stereocenters. The molecule has 1 heterocycles. The molecule has 0 spiro atoms. The van der Waals surface area contributed by atoms with Crippen molar-refractivity contribution in [2.75, 3.05) is 0 Å². The fourth-order valence-corrected chi connectivity index (χ4v) is 2.60. The molecule has 3 heteroatoms. The summed E-state index contributed by atoms with van der Waals surface area (Å²) in [6.07, 6.45) is 0. The first kappa shape index (κ1) is 11.9. The second kappa shape index (κ2) is 4.77. The first-order chi connectivity index (χ1) is 8.11. The minimum atomic E-state index is -0.0663. The number of hydrogen-bond donors (Lipinski definition) is 0. The fraction of sp³-hybridized carbons (Fsp3) is 0.286. The highest BCUT2D eigenvalue weighted by molar-refractivity contribution is 8.00. The Balaban J connectivity index is 2.55. The van der Waals surface area contributed by atoms with E-state index in [1.807, 2.05) is 6.92 Å². The molecule has 2 nitrogen and oxygen atoms in total. The largest absolute Gasteiger partial charge is 0.241 e. The number of thioether (sulfide) groups is 1. The van der Waals surface area contributed by atoms with Crippen molar-refractivity contribution in [1.82, 2.24) is 4.98 Å². The van der Waals surface area contributed by atoms with Gasteiger partial charge >= 0.3 is 0 Å². The van der Waals surface area contributed by atoms with Crippen LogP contribution in [0, 0.1) is 25.2 Å². The predicted molar refractivity (Wildman–Crippen MR) is 72.1 cm³/mol. The molecule has 0 radical (unpaired) electrons. The molecule has 0 unspecified atom stereocenters. The van der Waals surface area contributed by atoms with Gasteiger partial charge < -0.3 is 0 Å². The van der Waals surface area contributed by atoms with Crippen LogP contribution in [0.1, 0.15) is 18.1 Å². The maximum Gasteiger partial charge on any atom is 0.0983 e. The highest BCUT2D eigenvalue weighted by Crippen LogP contribution is 2.27. The molecule has 0 amide bonds. The van der Waals surface area contributed by atoms with E-state index < -0.39 is 0 Å². The van der Waals surface area contributed by atoms with Crippen LogP contribution in [0.4, 0.5) is 0 Å². The lowest BCUT2D eigenvalue weighted by atomic mass is 10.1. The average Bonchev–Trinajstić information content (AvgIpc) is 2.30. The molecule has 86 valence electrons. The topological polar surface area (TPSA) is 36.7 Å². The summed E-state index contributed by atoms with van der Waals surface area (Å²) in [5, 5.41) is 10.9. The lowest BCUT2D eigenvalue weighted by Crippen LogP contribution is -1.94. The van der Waals surface area contributed by atoms with Crippen molar-refractivity contribution in [3.05, 3.63) is 35.4 Å². The number of para-hydroxylation sites is 1. The first-order valence-corrected chi connectivity index (χ1v) is 6.43. The highest BCUT2D eigenvalue weighted by Gasteiger charge is 2.08. The third-order valence-corrected chi connectivity index (χ3v) is 3.61. The Bertz CT molecular complexity index is 599. The van der Waals surface area contributed by atoms with Crippen molar-refractivity contribution in [1.29, 1.82) is 5.26 Å². The Labute approximate surface area is 106 Å². The molecule has 0 fully saturated rings. The third-order valence-electron chi connectivity index (χ3n) is 2.70. The van der Waals surface area contributed by atoms with Gasteiger partial charge in [0.2, 0.25) is 0 Å². The van der Waals surface area contributed by atoms with Crippen LogP contribution in [0.2, 0.25) is 0 Å². The molecular formula is C14H14N2S. The van der Waals surface area contributed by atoms with Gasteiger partial charge in [0.15, 0.2) is 0 Å². The number of nitrogens with zero attached hydrogens (tertiary/aromatic N) is 2. The number of aryl methyl sites for hydroxylation is 2. The van der Waals surface area contributed by atoms with Gasteiger partial charge in [-0.1, -0.05) is 30.0 Å². The summed E-state index contributed by atoms with van der Waals surface area (Å²) in [6.45, 7) is 6.05. The maximum absolute atomic E-state index is 8.83. The van der Waals surface area contributed by atoms with Gasteiger partial charge in [0, 0.05) is 5.39 Å². The Morgan fingerprint density at radius 2 is 2.06 bits per heavy atom. The van der Waals surface area contributed by atoms with Crippen molar-refractivity contribution < 1.29 is 0 Å². The summed E-state index contributed by atoms with van der Waals surface area (Å²) in [5.41, 5.74) is 3.43. The molecule has 0 aliphatic rings. The number of fused-ring (bicyclic) bond motifs is 1. The van der Waals surface area contributed by atoms with Gasteiger partial charge in [-0.2, -0.15) is 5.26 Å². The van der Waals surface area contributed by atoms with Gasteiger partial charge in [-0.25, -0.2) is 4.98 Å². The fourth-order valence-electron chi connectivity index (χ4n) is 1.80. The maximum atomic E-state index is 8.83. The quantitative estimate of drug-likeness (QED) is 0.750. The lowest BCUT2D eigenvalue weighted by Gasteiger charge is -2.08. The summed E-state index contributed by atoms with van der Waals surface area (Å²) in [5.74, 6) is 0. The molecule has 0 aliphatic carbocycles. The van der Waals surface area contributed by atoms with E-state index in [1.165, 1.54) is 28.3 Å². The van der Waals surface area contributed by atoms with E-state index in [9.17, 15) is 0 Å². The molecule has 0 saturated heterocycles. The minimum Gasteiger partial charge on any atom is -0.241 e. The molecule has 0 aliphatic heterocycles. The van der Waals surface area contributed by atoms with Crippen LogP contribution >= 0.6 is 11.8 Å². The molecule has 2 rings (SSSR count). The van der Waals surface area contributed by atoms with Crippen LogP contribution in [-0.2, 0) is 0 Å². The van der Waals surface area contributed by atoms with Gasteiger partial charge in [-0.05, 0) is 38.0 Å². The number of rotatable bonds is 2. The van der Waals surface area contributed by atoms with Gasteiger partial charge in [0.05, 0.1) is 21.9 Å². The van der Waals surface area contributed by atoms with Crippen molar-refractivity contribution >= 4 is 22.7 Å². The van der Waals surface area contributed by atoms with Crippen LogP contribution in [0.5, 0.6) is 0 Å². The summed E-state index contributed by atoms with van der Waals surface area (Å²) in [7, 11) is 0. The third kappa shape index (κ3) is 2.42. The normalized spacial score (nSPS) is 12.4. The zero-order chi connectivity index (χ0) is 12.4. The van der Waals surface area contributed by atoms with E-state index in [0.29, 0.717) is 0 Å². The number of hydrogen-bond acceptors (Lipinski definition) is 3. The molecule has 1 aromatic carbocycles. The molecule has 0 N–H and O–H groups in total. The van der Waals surface area contributed by atoms with E-state index in [-0.39, 0.29) is 5.25 Å². The second-order valence-corrected chi connectivity index (χ2v) is 5.50. The number of benzene rings is 1.